The predicted molar refractivity (Wildman–Crippen MR) is 483 cm³/mol. The van der Waals surface area contributed by atoms with Gasteiger partial charge < -0.3 is 47.7 Å². The van der Waals surface area contributed by atoms with Crippen molar-refractivity contribution in [3.05, 3.63) is 301 Å². The third-order valence-electron chi connectivity index (χ3n) is 18.7. The van der Waals surface area contributed by atoms with Crippen LogP contribution in [0.1, 0.15) is 153 Å². The highest BCUT2D eigenvalue weighted by atomic mass is 16.5. The molecule has 614 valence electrons. The van der Waals surface area contributed by atoms with Gasteiger partial charge in [-0.15, -0.1) is 0 Å². The minimum absolute atomic E-state index is 0.222. The molecule has 115 heavy (non-hydrogen) atoms. The normalized spacial score (nSPS) is 11.1. The average molecular weight is 1570 g/mol. The van der Waals surface area contributed by atoms with E-state index in [4.69, 9.17) is 37.5 Å². The van der Waals surface area contributed by atoms with Crippen LogP contribution in [0, 0.1) is 20.8 Å². The summed E-state index contributed by atoms with van der Waals surface area (Å²) in [5.74, 6) is -3.22. The van der Waals surface area contributed by atoms with E-state index in [9.17, 15) is 34.2 Å². The zero-order valence-corrected chi connectivity index (χ0v) is 72.5. The Morgan fingerprint density at radius 3 is 0.835 bits per heavy atom. The molecule has 10 aromatic rings. The van der Waals surface area contributed by atoms with E-state index in [1.54, 1.807) is 55.5 Å². The van der Waals surface area contributed by atoms with Crippen molar-refractivity contribution in [1.82, 2.24) is 22.4 Å². The number of ether oxygens (including phenoxy) is 2. The molecular weight excluding hydrogens is 1440 g/mol. The summed E-state index contributed by atoms with van der Waals surface area (Å²) >= 11 is 0. The number of hydrogen-bond donors (Lipinski definition) is 7. The standard InChI is InChI=1S/C22H30NO2.2C20H25NO2.2C9H15N2.C9H11NO2.C7H7NO2/c1-7-17-11-12-19(20(14-17)22(24)25-8-2)13-18-10-9-16(3)21(15-18)23(4,5)6;2*1-6-15-9-10-17(18(12-15)20(22)23)11-16-8-7-14(2)19(13-16)21(3,4)5;2*1-11(2,3)9-6-4-5-8(10)7-9;1-2-12-9(11)7-4-3-5-8(10)6-7;8-6-3-1-2-5(4-6)7(9)10/h9-12,14-15H,7-8,13H2,1-6H3;2*7-10,12-13H,6,11H2,1-5H3;2*4-7H,10H2,1-3H3;3-6H,2,10H2,1H3;1-4H,8H2,(H,9,10)/q+1;;;2*+1;;/p+2. The third-order valence-corrected chi connectivity index (χ3v) is 18.7. The van der Waals surface area contributed by atoms with Crippen LogP contribution in [-0.2, 0) is 48.0 Å². The highest BCUT2D eigenvalue weighted by Gasteiger charge is 2.23. The molecular formula is C96H130N9O10+5. The maximum atomic E-state index is 12.4. The zero-order chi connectivity index (χ0) is 86.5. The van der Waals surface area contributed by atoms with Crippen LogP contribution in [0.2, 0.25) is 0 Å². The summed E-state index contributed by atoms with van der Waals surface area (Å²) in [6.45, 7) is 16.9. The van der Waals surface area contributed by atoms with Crippen molar-refractivity contribution >= 4 is 81.0 Å². The molecule has 0 unspecified atom stereocenters. The Labute approximate surface area is 685 Å². The third kappa shape index (κ3) is 31.8. The Morgan fingerprint density at radius 2 is 0.574 bits per heavy atom. The van der Waals surface area contributed by atoms with Gasteiger partial charge in [-0.25, -0.2) is 24.0 Å². The number of anilines is 4. The van der Waals surface area contributed by atoms with Gasteiger partial charge in [-0.05, 0) is 202 Å². The van der Waals surface area contributed by atoms with Crippen LogP contribution in [0.4, 0.5) is 51.2 Å². The van der Waals surface area contributed by atoms with Gasteiger partial charge in [0.2, 0.25) is 0 Å². The summed E-state index contributed by atoms with van der Waals surface area (Å²) in [4.78, 5) is 56.9. The van der Waals surface area contributed by atoms with Crippen LogP contribution < -0.4 is 45.3 Å². The van der Waals surface area contributed by atoms with Crippen molar-refractivity contribution < 1.29 is 48.8 Å². The number of nitrogens with zero attached hydrogens (tertiary/aromatic N) is 5. The number of quaternary nitrogens is 5. The van der Waals surface area contributed by atoms with Gasteiger partial charge >= 0.3 is 29.8 Å². The first-order valence-corrected chi connectivity index (χ1v) is 38.8. The Balaban J connectivity index is 0.000000291. The minimum Gasteiger partial charge on any atom is -0.478 e. The second kappa shape index (κ2) is 43.7. The molecule has 0 saturated heterocycles. The van der Waals surface area contributed by atoms with Crippen LogP contribution in [0.3, 0.4) is 0 Å². The van der Waals surface area contributed by atoms with E-state index in [0.717, 1.165) is 104 Å². The number of hydrogen-bond acceptors (Lipinski definition) is 11. The monoisotopic (exact) mass is 1570 g/mol. The quantitative estimate of drug-likeness (QED) is 0.0200. The maximum absolute atomic E-state index is 12.4. The molecule has 10 rings (SSSR count). The van der Waals surface area contributed by atoms with Crippen molar-refractivity contribution in [3.63, 3.8) is 0 Å². The fraction of sp³-hybridized carbons (Fsp3) is 0.323. The number of nitrogens with two attached hydrogens (primary N) is 4. The molecule has 0 amide bonds. The van der Waals surface area contributed by atoms with Crippen molar-refractivity contribution in [2.45, 2.75) is 93.9 Å². The van der Waals surface area contributed by atoms with Crippen molar-refractivity contribution in [1.29, 1.82) is 0 Å². The van der Waals surface area contributed by atoms with Gasteiger partial charge in [0.15, 0.2) is 0 Å². The fourth-order valence-corrected chi connectivity index (χ4v) is 12.3. The second-order valence-corrected chi connectivity index (χ2v) is 32.8. The summed E-state index contributed by atoms with van der Waals surface area (Å²) in [6.07, 6.45) is 4.60. The number of aromatic carboxylic acids is 3. The number of nitrogen functional groups attached to an aromatic ring is 4. The first-order valence-electron chi connectivity index (χ1n) is 38.8. The largest absolute Gasteiger partial charge is 0.478 e. The van der Waals surface area contributed by atoms with E-state index in [1.165, 1.54) is 62.8 Å². The molecule has 0 aromatic heterocycles. The number of benzene rings is 10. The average Bonchev–Trinajstić information content (AvgIpc) is 0.814. The maximum Gasteiger partial charge on any atom is 0.338 e. The van der Waals surface area contributed by atoms with E-state index in [2.05, 4.69) is 212 Å². The summed E-state index contributed by atoms with van der Waals surface area (Å²) in [7, 11) is 32.1. The summed E-state index contributed by atoms with van der Waals surface area (Å²) in [5.41, 5.74) is 46.6. The molecule has 0 saturated carbocycles. The molecule has 11 N–H and O–H groups in total. The van der Waals surface area contributed by atoms with E-state index in [0.29, 0.717) is 59.7 Å². The molecule has 19 nitrogen and oxygen atoms in total. The van der Waals surface area contributed by atoms with Crippen LogP contribution in [0.15, 0.2) is 206 Å². The Kier molecular flexibility index (Phi) is 36.5. The van der Waals surface area contributed by atoms with Crippen LogP contribution in [-0.4, -0.2) is 164 Å². The lowest BCUT2D eigenvalue weighted by molar-refractivity contribution is 0.0516. The highest BCUT2D eigenvalue weighted by molar-refractivity contribution is 5.93. The molecule has 0 bridgehead atoms. The molecule has 0 aliphatic carbocycles. The first-order chi connectivity index (χ1) is 53.6. The van der Waals surface area contributed by atoms with Gasteiger partial charge in [0.25, 0.3) is 0 Å². The highest BCUT2D eigenvalue weighted by Crippen LogP contribution is 2.31. The summed E-state index contributed by atoms with van der Waals surface area (Å²) in [6, 6.07) is 65.9. The van der Waals surface area contributed by atoms with Crippen LogP contribution in [0.25, 0.3) is 0 Å². The van der Waals surface area contributed by atoms with Gasteiger partial charge in [-0.2, -0.15) is 0 Å². The van der Waals surface area contributed by atoms with Crippen LogP contribution in [0.5, 0.6) is 0 Å². The molecule has 0 heterocycles. The van der Waals surface area contributed by atoms with Gasteiger partial charge in [-0.3, -0.25) is 22.4 Å². The lowest BCUT2D eigenvalue weighted by Crippen LogP contribution is -2.35. The Morgan fingerprint density at radius 1 is 0.296 bits per heavy atom. The van der Waals surface area contributed by atoms with Crippen molar-refractivity contribution in [3.8, 4) is 0 Å². The smallest absolute Gasteiger partial charge is 0.338 e. The number of carboxylic acids is 3. The summed E-state index contributed by atoms with van der Waals surface area (Å²) in [5, 5.41) is 27.4. The first kappa shape index (κ1) is 95.9. The topological polar surface area (TPSA) is 269 Å². The van der Waals surface area contributed by atoms with Gasteiger partial charge in [0, 0.05) is 69.8 Å². The molecule has 0 aliphatic rings. The number of aryl methyl sites for hydroxylation is 6. The van der Waals surface area contributed by atoms with E-state index in [1.807, 2.05) is 87.5 Å². The predicted octanol–water partition coefficient (Wildman–Crippen LogP) is 18.0. The molecule has 0 spiro atoms. The van der Waals surface area contributed by atoms with Gasteiger partial charge in [-0.1, -0.05) is 118 Å². The number of rotatable bonds is 21. The SMILES string of the molecule is CCOC(=O)c1cc(CC)ccc1Cc1ccc(C)c([N+](C)(C)C)c1.CCOC(=O)c1cccc(N)c1.CCc1ccc(Cc2ccc(C)c([N+](C)(C)C)c2)c(C(=O)O)c1.CCc1ccc(Cc2ccc(C)c([N+](C)(C)C)c2)c(C(=O)O)c1.C[N+](C)(C)c1cccc(N)c1.C[N+](C)(C)c1cccc(N)c1.Nc1cccc(C(=O)O)c1. The molecule has 0 atom stereocenters. The van der Waals surface area contributed by atoms with E-state index in [-0.39, 0.29) is 17.5 Å². The molecule has 10 aromatic carbocycles. The van der Waals surface area contributed by atoms with Gasteiger partial charge in [0.1, 0.15) is 28.4 Å². The molecule has 0 fully saturated rings. The lowest BCUT2D eigenvalue weighted by atomic mass is 9.96. The Hall–Kier alpha value is -11.5. The minimum atomic E-state index is -0.952. The van der Waals surface area contributed by atoms with Crippen molar-refractivity contribution in [2.75, 3.05) is 142 Å². The number of carbonyl (C=O) groups excluding carboxylic acids is 2. The second-order valence-electron chi connectivity index (χ2n) is 32.8. The van der Waals surface area contributed by atoms with Crippen molar-refractivity contribution in [2.24, 2.45) is 0 Å². The lowest BCUT2D eigenvalue weighted by Gasteiger charge is -2.26. The number of esters is 2. The summed E-state index contributed by atoms with van der Waals surface area (Å²) < 4.78 is 13.9. The molecule has 0 radical (unpaired) electrons. The zero-order valence-electron chi connectivity index (χ0n) is 72.5. The molecule has 0 aliphatic heterocycles. The van der Waals surface area contributed by atoms with E-state index >= 15 is 0 Å². The molecule has 19 heteroatoms. The van der Waals surface area contributed by atoms with Crippen LogP contribution >= 0.6 is 0 Å². The van der Waals surface area contributed by atoms with E-state index < -0.39 is 17.9 Å². The number of carboxylic acid groups (broad SMARTS) is 3. The fourth-order valence-electron chi connectivity index (χ4n) is 12.3. The Bertz CT molecular complexity index is 4720. The van der Waals surface area contributed by atoms with Gasteiger partial charge in [0.05, 0.1) is 147 Å². The number of carbonyl (C=O) groups is 5.